The monoisotopic (exact) mass is 307 g/mol. The number of hydrogen-bond donors (Lipinski definition) is 1. The Balaban J connectivity index is 2.20. The van der Waals surface area contributed by atoms with Gasteiger partial charge in [0.05, 0.1) is 5.69 Å². The van der Waals surface area contributed by atoms with E-state index in [2.05, 4.69) is 5.32 Å². The van der Waals surface area contributed by atoms with Crippen LogP contribution in [0.15, 0.2) is 48.5 Å². The van der Waals surface area contributed by atoms with Gasteiger partial charge in [0.1, 0.15) is 0 Å². The number of hydrogen-bond acceptors (Lipinski definition) is 1. The first-order chi connectivity index (χ1) is 9.99. The zero-order valence-corrected chi connectivity index (χ0v) is 11.9. The average Bonchev–Trinajstić information content (AvgIpc) is 2.44. The highest BCUT2D eigenvalue weighted by Gasteiger charge is 2.10. The van der Waals surface area contributed by atoms with Gasteiger partial charge in [-0.2, -0.15) is 0 Å². The van der Waals surface area contributed by atoms with Crippen molar-refractivity contribution in [2.75, 3.05) is 5.32 Å². The maximum absolute atomic E-state index is 13.5. The van der Waals surface area contributed by atoms with Gasteiger partial charge < -0.3 is 5.32 Å². The number of carbonyl (C=O) groups is 1. The minimum absolute atomic E-state index is 0.205. The fraction of sp³-hybridized carbons (Fsp3) is 0.0625. The quantitative estimate of drug-likeness (QED) is 0.821. The van der Waals surface area contributed by atoms with Crippen LogP contribution in [0.4, 0.5) is 14.5 Å². The number of nitrogens with one attached hydrogen (secondary N) is 1. The molecule has 0 aliphatic heterocycles. The van der Waals surface area contributed by atoms with Crippen molar-refractivity contribution in [1.82, 2.24) is 0 Å². The number of anilines is 1. The van der Waals surface area contributed by atoms with Crippen molar-refractivity contribution < 1.29 is 13.6 Å². The number of rotatable bonds is 3. The van der Waals surface area contributed by atoms with Gasteiger partial charge >= 0.3 is 0 Å². The third-order valence-corrected chi connectivity index (χ3v) is 3.19. The smallest absolute Gasteiger partial charge is 0.248 e. The van der Waals surface area contributed by atoms with Crippen LogP contribution in [0, 0.1) is 11.6 Å². The first-order valence-electron chi connectivity index (χ1n) is 6.17. The topological polar surface area (TPSA) is 29.1 Å². The van der Waals surface area contributed by atoms with Crippen LogP contribution in [-0.2, 0) is 4.79 Å². The van der Waals surface area contributed by atoms with E-state index < -0.39 is 17.5 Å². The van der Waals surface area contributed by atoms with Gasteiger partial charge in [0.15, 0.2) is 11.6 Å². The normalized spacial score (nSPS) is 11.3. The second-order valence-corrected chi connectivity index (χ2v) is 4.81. The SMILES string of the molecule is CC(=CC(=O)Nc1cccc(F)c1F)c1ccccc1Cl. The highest BCUT2D eigenvalue weighted by atomic mass is 35.5. The van der Waals surface area contributed by atoms with Gasteiger partial charge in [0.25, 0.3) is 0 Å². The summed E-state index contributed by atoms with van der Waals surface area (Å²) in [6.07, 6.45) is 1.28. The molecule has 0 radical (unpaired) electrons. The Hall–Kier alpha value is -2.20. The maximum atomic E-state index is 13.5. The summed E-state index contributed by atoms with van der Waals surface area (Å²) in [6, 6.07) is 10.6. The van der Waals surface area contributed by atoms with E-state index in [0.717, 1.165) is 6.07 Å². The van der Waals surface area contributed by atoms with Crippen LogP contribution in [0.5, 0.6) is 0 Å². The molecule has 108 valence electrons. The van der Waals surface area contributed by atoms with Crippen molar-refractivity contribution in [2.24, 2.45) is 0 Å². The molecule has 2 aromatic carbocycles. The molecule has 21 heavy (non-hydrogen) atoms. The highest BCUT2D eigenvalue weighted by molar-refractivity contribution is 6.32. The molecular formula is C16H12ClF2NO. The molecule has 0 fully saturated rings. The van der Waals surface area contributed by atoms with E-state index in [9.17, 15) is 13.6 Å². The third kappa shape index (κ3) is 3.67. The maximum Gasteiger partial charge on any atom is 0.248 e. The van der Waals surface area contributed by atoms with Crippen LogP contribution in [0.3, 0.4) is 0 Å². The molecule has 0 atom stereocenters. The van der Waals surface area contributed by atoms with Crippen LogP contribution < -0.4 is 5.32 Å². The molecule has 0 saturated heterocycles. The molecule has 0 saturated carbocycles. The summed E-state index contributed by atoms with van der Waals surface area (Å²) < 4.78 is 26.5. The van der Waals surface area contributed by atoms with Gasteiger partial charge in [-0.3, -0.25) is 4.79 Å². The summed E-state index contributed by atoms with van der Waals surface area (Å²) in [6.45, 7) is 1.71. The molecule has 5 heteroatoms. The van der Waals surface area contributed by atoms with E-state index in [0.29, 0.717) is 16.2 Å². The lowest BCUT2D eigenvalue weighted by atomic mass is 10.1. The number of allylic oxidation sites excluding steroid dienone is 1. The lowest BCUT2D eigenvalue weighted by Gasteiger charge is -2.06. The standard InChI is InChI=1S/C16H12ClF2NO/c1-10(11-5-2-3-6-12(11)17)9-15(21)20-14-8-4-7-13(18)16(14)19/h2-9H,1H3,(H,20,21). The second-order valence-electron chi connectivity index (χ2n) is 4.40. The Morgan fingerprint density at radius 1 is 1.14 bits per heavy atom. The van der Waals surface area contributed by atoms with E-state index in [-0.39, 0.29) is 5.69 Å². The van der Waals surface area contributed by atoms with Crippen LogP contribution in [0.25, 0.3) is 5.57 Å². The number of halogens is 3. The lowest BCUT2D eigenvalue weighted by molar-refractivity contribution is -0.111. The highest BCUT2D eigenvalue weighted by Crippen LogP contribution is 2.23. The molecule has 1 amide bonds. The number of benzene rings is 2. The van der Waals surface area contributed by atoms with Crippen molar-refractivity contribution >= 4 is 28.8 Å². The van der Waals surface area contributed by atoms with Gasteiger partial charge in [-0.05, 0) is 36.3 Å². The second kappa shape index (κ2) is 6.50. The molecule has 0 bridgehead atoms. The first kappa shape index (κ1) is 15.2. The Morgan fingerprint density at radius 2 is 1.86 bits per heavy atom. The predicted octanol–water partition coefficient (Wildman–Crippen LogP) is 4.66. The van der Waals surface area contributed by atoms with Crippen LogP contribution >= 0.6 is 11.6 Å². The predicted molar refractivity (Wildman–Crippen MR) is 80.1 cm³/mol. The average molecular weight is 308 g/mol. The summed E-state index contributed by atoms with van der Waals surface area (Å²) in [5.74, 6) is -2.66. The van der Waals surface area contributed by atoms with Gasteiger partial charge in [-0.25, -0.2) is 8.78 Å². The third-order valence-electron chi connectivity index (χ3n) is 2.86. The molecule has 0 aliphatic carbocycles. The van der Waals surface area contributed by atoms with Crippen molar-refractivity contribution in [3.05, 3.63) is 70.8 Å². The summed E-state index contributed by atoms with van der Waals surface area (Å²) in [4.78, 5) is 11.9. The van der Waals surface area contributed by atoms with Crippen molar-refractivity contribution in [3.8, 4) is 0 Å². The molecule has 2 rings (SSSR count). The molecule has 2 aromatic rings. The summed E-state index contributed by atoms with van der Waals surface area (Å²) in [5, 5.41) is 2.81. The molecule has 0 spiro atoms. The minimum Gasteiger partial charge on any atom is -0.320 e. The fourth-order valence-corrected chi connectivity index (χ4v) is 2.11. The Kier molecular flexibility index (Phi) is 4.70. The molecule has 1 N–H and O–H groups in total. The Morgan fingerprint density at radius 3 is 2.57 bits per heavy atom. The van der Waals surface area contributed by atoms with E-state index >= 15 is 0 Å². The molecule has 0 heterocycles. The molecule has 2 nitrogen and oxygen atoms in total. The molecule has 0 aliphatic rings. The van der Waals surface area contributed by atoms with Gasteiger partial charge in [0.2, 0.25) is 5.91 Å². The number of amides is 1. The van der Waals surface area contributed by atoms with Crippen LogP contribution in [0.2, 0.25) is 5.02 Å². The van der Waals surface area contributed by atoms with Gasteiger partial charge in [-0.1, -0.05) is 35.9 Å². The van der Waals surface area contributed by atoms with E-state index in [1.54, 1.807) is 31.2 Å². The minimum atomic E-state index is -1.09. The number of carbonyl (C=O) groups excluding carboxylic acids is 1. The van der Waals surface area contributed by atoms with Crippen molar-refractivity contribution in [2.45, 2.75) is 6.92 Å². The molecule has 0 aromatic heterocycles. The Bertz CT molecular complexity index is 713. The van der Waals surface area contributed by atoms with Gasteiger partial charge in [-0.15, -0.1) is 0 Å². The van der Waals surface area contributed by atoms with Gasteiger partial charge in [0, 0.05) is 11.1 Å². The largest absolute Gasteiger partial charge is 0.320 e. The van der Waals surface area contributed by atoms with Crippen molar-refractivity contribution in [1.29, 1.82) is 0 Å². The first-order valence-corrected chi connectivity index (χ1v) is 6.55. The summed E-state index contributed by atoms with van der Waals surface area (Å²) >= 11 is 6.03. The zero-order chi connectivity index (χ0) is 15.4. The van der Waals surface area contributed by atoms with E-state index in [1.807, 2.05) is 0 Å². The molecular weight excluding hydrogens is 296 g/mol. The van der Waals surface area contributed by atoms with Crippen molar-refractivity contribution in [3.63, 3.8) is 0 Å². The van der Waals surface area contributed by atoms with E-state index in [1.165, 1.54) is 18.2 Å². The summed E-state index contributed by atoms with van der Waals surface area (Å²) in [7, 11) is 0. The van der Waals surface area contributed by atoms with Crippen LogP contribution in [-0.4, -0.2) is 5.91 Å². The van der Waals surface area contributed by atoms with E-state index in [4.69, 9.17) is 11.6 Å². The van der Waals surface area contributed by atoms with Crippen LogP contribution in [0.1, 0.15) is 12.5 Å². The lowest BCUT2D eigenvalue weighted by Crippen LogP contribution is -2.10. The molecule has 0 unspecified atom stereocenters. The zero-order valence-electron chi connectivity index (χ0n) is 11.2. The Labute approximate surface area is 126 Å². The summed E-state index contributed by atoms with van der Waals surface area (Å²) in [5.41, 5.74) is 1.12. The fourth-order valence-electron chi connectivity index (χ4n) is 1.82.